The molecule has 3 rings (SSSR count). The number of aromatic nitrogens is 2. The molecule has 10 heteroatoms. The number of aliphatic imine (C=N–C) groups is 1. The van der Waals surface area contributed by atoms with Crippen molar-refractivity contribution in [1.82, 2.24) is 25.7 Å². The highest BCUT2D eigenvalue weighted by Gasteiger charge is 2.26. The summed E-state index contributed by atoms with van der Waals surface area (Å²) < 4.78 is 5.17. The summed E-state index contributed by atoms with van der Waals surface area (Å²) in [4.78, 5) is 21.5. The van der Waals surface area contributed by atoms with Gasteiger partial charge in [0, 0.05) is 24.2 Å². The van der Waals surface area contributed by atoms with Crippen LogP contribution in [-0.4, -0.2) is 51.6 Å². The van der Waals surface area contributed by atoms with Gasteiger partial charge in [0.05, 0.1) is 11.8 Å². The van der Waals surface area contributed by atoms with Gasteiger partial charge in [-0.3, -0.25) is 4.79 Å². The number of amides is 1. The molecule has 1 aromatic heterocycles. The predicted octanol–water partition coefficient (Wildman–Crippen LogP) is 4.36. The van der Waals surface area contributed by atoms with Crippen LogP contribution in [0.1, 0.15) is 87.2 Å². The molecular weight excluding hydrogens is 444 g/mol. The third-order valence-electron chi connectivity index (χ3n) is 5.43. The van der Waals surface area contributed by atoms with Crippen molar-refractivity contribution in [3.63, 3.8) is 0 Å². The summed E-state index contributed by atoms with van der Waals surface area (Å²) in [6.07, 6.45) is 6.12. The Balaban J connectivity index is 1.78. The lowest BCUT2D eigenvalue weighted by atomic mass is 9.96. The lowest BCUT2D eigenvalue weighted by Crippen LogP contribution is -2.36. The van der Waals surface area contributed by atoms with E-state index in [9.17, 15) is 4.79 Å². The van der Waals surface area contributed by atoms with E-state index >= 15 is 0 Å². The standard InChI is InChI=1S/C25H34N8O2/c1-9-13-27-32(8)33-20(10-2)21(26-15-28-33)18-11-12-19(16(3)14-18)17(4)29-22(34)23-30-24(31-35-23)25(5,6)7/h10-15,17H,9H2,1-8H3,(H,29,34)/b20-10-,27-13-/t17-/m1/s1. The quantitative estimate of drug-likeness (QED) is 0.467. The van der Waals surface area contributed by atoms with Crippen molar-refractivity contribution in [2.24, 2.45) is 15.2 Å². The molecule has 1 amide bonds. The third kappa shape index (κ3) is 5.82. The fourth-order valence-corrected chi connectivity index (χ4v) is 3.57. The van der Waals surface area contributed by atoms with Crippen molar-refractivity contribution in [3.8, 4) is 0 Å². The summed E-state index contributed by atoms with van der Waals surface area (Å²) in [6.45, 7) is 13.8. The van der Waals surface area contributed by atoms with E-state index in [0.717, 1.165) is 34.5 Å². The van der Waals surface area contributed by atoms with Crippen LogP contribution in [0, 0.1) is 6.92 Å². The van der Waals surface area contributed by atoms with Crippen LogP contribution in [0.4, 0.5) is 0 Å². The van der Waals surface area contributed by atoms with Crippen LogP contribution in [-0.2, 0) is 5.41 Å². The van der Waals surface area contributed by atoms with Gasteiger partial charge in [0.25, 0.3) is 0 Å². The molecule has 10 nitrogen and oxygen atoms in total. The van der Waals surface area contributed by atoms with Crippen molar-refractivity contribution in [1.29, 1.82) is 0 Å². The Hall–Kier alpha value is -3.82. The van der Waals surface area contributed by atoms with Gasteiger partial charge >= 0.3 is 11.8 Å². The van der Waals surface area contributed by atoms with Gasteiger partial charge in [-0.15, -0.1) is 5.10 Å². The number of nitrogens with one attached hydrogen (secondary N) is 1. The van der Waals surface area contributed by atoms with Crippen LogP contribution >= 0.6 is 0 Å². The number of hydrazone groups is 2. The van der Waals surface area contributed by atoms with Gasteiger partial charge in [-0.05, 0) is 44.4 Å². The number of carbonyl (C=O) groups excluding carboxylic acids is 1. The zero-order valence-corrected chi connectivity index (χ0v) is 21.7. The summed E-state index contributed by atoms with van der Waals surface area (Å²) in [7, 11) is 1.84. The van der Waals surface area contributed by atoms with Crippen LogP contribution in [0.5, 0.6) is 0 Å². The van der Waals surface area contributed by atoms with Gasteiger partial charge in [-0.1, -0.05) is 51.1 Å². The molecule has 0 saturated heterocycles. The first-order valence-corrected chi connectivity index (χ1v) is 11.7. The maximum absolute atomic E-state index is 12.7. The molecule has 186 valence electrons. The van der Waals surface area contributed by atoms with Gasteiger partial charge < -0.3 is 9.84 Å². The summed E-state index contributed by atoms with van der Waals surface area (Å²) >= 11 is 0. The zero-order chi connectivity index (χ0) is 25.8. The molecule has 2 aromatic rings. The highest BCUT2D eigenvalue weighted by molar-refractivity contribution is 6.15. The molecule has 1 aliphatic heterocycles. The lowest BCUT2D eigenvalue weighted by molar-refractivity contribution is 0.0498. The predicted molar refractivity (Wildman–Crippen MR) is 137 cm³/mol. The molecule has 1 atom stereocenters. The van der Waals surface area contributed by atoms with E-state index in [2.05, 4.69) is 36.7 Å². The molecule has 35 heavy (non-hydrogen) atoms. The van der Waals surface area contributed by atoms with Crippen LogP contribution < -0.4 is 5.32 Å². The molecule has 0 fully saturated rings. The number of rotatable bonds is 7. The normalized spacial score (nSPS) is 16.1. The first-order chi connectivity index (χ1) is 16.6. The Bertz CT molecular complexity index is 1190. The minimum absolute atomic E-state index is 0.0421. The Morgan fingerprint density at radius 2 is 2.09 bits per heavy atom. The highest BCUT2D eigenvalue weighted by atomic mass is 16.5. The van der Waals surface area contributed by atoms with Crippen molar-refractivity contribution in [2.45, 2.75) is 66.3 Å². The third-order valence-corrected chi connectivity index (χ3v) is 5.43. The molecule has 0 spiro atoms. The fourth-order valence-electron chi connectivity index (χ4n) is 3.57. The van der Waals surface area contributed by atoms with Crippen LogP contribution in [0.15, 0.2) is 49.7 Å². The monoisotopic (exact) mass is 478 g/mol. The Morgan fingerprint density at radius 3 is 2.69 bits per heavy atom. The second-order valence-electron chi connectivity index (χ2n) is 9.31. The average molecular weight is 479 g/mol. The lowest BCUT2D eigenvalue weighted by Gasteiger charge is -2.30. The van der Waals surface area contributed by atoms with Crippen molar-refractivity contribution < 1.29 is 9.32 Å². The summed E-state index contributed by atoms with van der Waals surface area (Å²) in [5, 5.41) is 19.0. The molecule has 0 aliphatic carbocycles. The van der Waals surface area contributed by atoms with E-state index in [-0.39, 0.29) is 17.3 Å². The minimum atomic E-state index is -0.403. The number of hydrogen-bond acceptors (Lipinski definition) is 9. The van der Waals surface area contributed by atoms with E-state index < -0.39 is 5.91 Å². The first kappa shape index (κ1) is 25.8. The fraction of sp³-hybridized carbons (Fsp3) is 0.440. The van der Waals surface area contributed by atoms with E-state index in [1.165, 1.54) is 6.34 Å². The van der Waals surface area contributed by atoms with Crippen molar-refractivity contribution >= 4 is 24.2 Å². The highest BCUT2D eigenvalue weighted by Crippen LogP contribution is 2.24. The second-order valence-corrected chi connectivity index (χ2v) is 9.31. The SMILES string of the molecule is C/C=C1/C(c2ccc([C@@H](C)NC(=O)c3nc(C(C)(C)C)no3)c(C)c2)=NC=NN1N(C)/N=C\CC. The molecule has 0 saturated carbocycles. The largest absolute Gasteiger partial charge is 0.341 e. The van der Waals surface area contributed by atoms with Gasteiger partial charge in [0.1, 0.15) is 12.0 Å². The molecule has 1 aromatic carbocycles. The Labute approximate surface area is 206 Å². The molecule has 0 bridgehead atoms. The van der Waals surface area contributed by atoms with E-state index in [1.54, 1.807) is 10.2 Å². The van der Waals surface area contributed by atoms with Crippen molar-refractivity contribution in [3.05, 3.63) is 58.4 Å². The van der Waals surface area contributed by atoms with E-state index in [1.807, 2.05) is 79.9 Å². The van der Waals surface area contributed by atoms with Gasteiger partial charge in [0.15, 0.2) is 5.82 Å². The van der Waals surface area contributed by atoms with Gasteiger partial charge in [-0.25, -0.2) is 4.99 Å². The van der Waals surface area contributed by atoms with Gasteiger partial charge in [-0.2, -0.15) is 20.3 Å². The van der Waals surface area contributed by atoms with E-state index in [4.69, 9.17) is 4.52 Å². The molecule has 1 aliphatic rings. The Morgan fingerprint density at radius 1 is 1.34 bits per heavy atom. The molecule has 2 heterocycles. The minimum Gasteiger partial charge on any atom is -0.341 e. The Kier molecular flexibility index (Phi) is 7.83. The average Bonchev–Trinajstić information content (AvgIpc) is 3.33. The van der Waals surface area contributed by atoms with Crippen LogP contribution in [0.2, 0.25) is 0 Å². The maximum atomic E-state index is 12.7. The molecule has 1 N–H and O–H groups in total. The number of hydrazine groups is 1. The molecular formula is C25H34N8O2. The molecule has 0 radical (unpaired) electrons. The first-order valence-electron chi connectivity index (χ1n) is 11.7. The van der Waals surface area contributed by atoms with Crippen LogP contribution in [0.25, 0.3) is 0 Å². The summed E-state index contributed by atoms with van der Waals surface area (Å²) in [5.41, 5.74) is 4.24. The topological polar surface area (TPSA) is 112 Å². The van der Waals surface area contributed by atoms with E-state index in [0.29, 0.717) is 5.82 Å². The summed E-state index contributed by atoms with van der Waals surface area (Å²) in [6, 6.07) is 5.78. The number of carbonyl (C=O) groups is 1. The van der Waals surface area contributed by atoms with Gasteiger partial charge in [0.2, 0.25) is 0 Å². The second kappa shape index (κ2) is 10.6. The number of allylic oxidation sites excluding steroid dienone is 2. The summed E-state index contributed by atoms with van der Waals surface area (Å²) in [5.74, 6) is 0.0476. The zero-order valence-electron chi connectivity index (χ0n) is 21.7. The number of aryl methyl sites for hydroxylation is 1. The number of nitrogens with zero attached hydrogens (tertiary/aromatic N) is 7. The number of benzene rings is 1. The van der Waals surface area contributed by atoms with Crippen molar-refractivity contribution in [2.75, 3.05) is 7.05 Å². The number of hydrogen-bond donors (Lipinski definition) is 1. The molecule has 0 unspecified atom stereocenters. The van der Waals surface area contributed by atoms with Crippen LogP contribution in [0.3, 0.4) is 0 Å². The smallest absolute Gasteiger partial charge is 0.315 e. The maximum Gasteiger partial charge on any atom is 0.315 e.